The molecular formula is C17H31NO2. The standard InChI is InChI=1S/C17H31NO2/c1-13-9-14(2)11-17(18,10-13)15-3-6-20-16(12-15)4-7-19-8-5-16/h13-15H,3-12,18H2,1-2H3. The maximum Gasteiger partial charge on any atom is 0.0729 e. The van der Waals surface area contributed by atoms with Crippen LogP contribution in [0.4, 0.5) is 0 Å². The zero-order chi connectivity index (χ0) is 14.2. The summed E-state index contributed by atoms with van der Waals surface area (Å²) >= 11 is 0. The van der Waals surface area contributed by atoms with Crippen molar-refractivity contribution in [1.82, 2.24) is 0 Å². The lowest BCUT2D eigenvalue weighted by Gasteiger charge is -2.51. The Balaban J connectivity index is 1.72. The van der Waals surface area contributed by atoms with Crippen LogP contribution in [0.25, 0.3) is 0 Å². The minimum atomic E-state index is 0.0478. The SMILES string of the molecule is CC1CC(C)CC(N)(C2CCOC3(CCOCC3)C2)C1. The van der Waals surface area contributed by atoms with E-state index in [-0.39, 0.29) is 11.1 Å². The van der Waals surface area contributed by atoms with Gasteiger partial charge in [0, 0.05) is 25.4 Å². The van der Waals surface area contributed by atoms with E-state index >= 15 is 0 Å². The molecule has 116 valence electrons. The van der Waals surface area contributed by atoms with Crippen LogP contribution in [0.3, 0.4) is 0 Å². The van der Waals surface area contributed by atoms with Crippen LogP contribution in [0.1, 0.15) is 58.8 Å². The Hall–Kier alpha value is -0.120. The molecule has 2 N–H and O–H groups in total. The number of hydrogen-bond donors (Lipinski definition) is 1. The number of nitrogens with two attached hydrogens (primary N) is 1. The van der Waals surface area contributed by atoms with Crippen molar-refractivity contribution in [1.29, 1.82) is 0 Å². The van der Waals surface area contributed by atoms with Gasteiger partial charge in [0.05, 0.1) is 5.60 Å². The summed E-state index contributed by atoms with van der Waals surface area (Å²) in [7, 11) is 0. The summed E-state index contributed by atoms with van der Waals surface area (Å²) in [6.07, 6.45) is 8.19. The molecule has 3 nitrogen and oxygen atoms in total. The molecule has 3 atom stereocenters. The predicted octanol–water partition coefficient (Wildman–Crippen LogP) is 3.12. The van der Waals surface area contributed by atoms with Crippen LogP contribution in [0, 0.1) is 17.8 Å². The normalized spacial score (nSPS) is 45.5. The van der Waals surface area contributed by atoms with Gasteiger partial charge in [-0.25, -0.2) is 0 Å². The largest absolute Gasteiger partial charge is 0.381 e. The van der Waals surface area contributed by atoms with Gasteiger partial charge >= 0.3 is 0 Å². The van der Waals surface area contributed by atoms with Crippen LogP contribution in [0.5, 0.6) is 0 Å². The highest BCUT2D eigenvalue weighted by molar-refractivity contribution is 5.02. The van der Waals surface area contributed by atoms with Crippen LogP contribution in [-0.2, 0) is 9.47 Å². The van der Waals surface area contributed by atoms with Crippen LogP contribution in [0.15, 0.2) is 0 Å². The van der Waals surface area contributed by atoms with Crippen molar-refractivity contribution in [2.75, 3.05) is 19.8 Å². The van der Waals surface area contributed by atoms with Crippen molar-refractivity contribution in [3.8, 4) is 0 Å². The highest BCUT2D eigenvalue weighted by Gasteiger charge is 2.47. The first kappa shape index (κ1) is 14.8. The van der Waals surface area contributed by atoms with E-state index in [1.165, 1.54) is 19.3 Å². The Labute approximate surface area is 123 Å². The molecule has 1 spiro atoms. The van der Waals surface area contributed by atoms with E-state index < -0.39 is 0 Å². The zero-order valence-electron chi connectivity index (χ0n) is 13.2. The predicted molar refractivity (Wildman–Crippen MR) is 80.6 cm³/mol. The average molecular weight is 281 g/mol. The maximum atomic E-state index is 6.92. The fourth-order valence-corrected chi connectivity index (χ4v) is 5.18. The lowest BCUT2D eigenvalue weighted by atomic mass is 9.62. The molecule has 2 saturated heterocycles. The maximum absolute atomic E-state index is 6.92. The first-order valence-electron chi connectivity index (χ1n) is 8.52. The lowest BCUT2D eigenvalue weighted by molar-refractivity contribution is -0.157. The zero-order valence-corrected chi connectivity index (χ0v) is 13.2. The Morgan fingerprint density at radius 3 is 2.25 bits per heavy atom. The highest BCUT2D eigenvalue weighted by Crippen LogP contribution is 2.46. The summed E-state index contributed by atoms with van der Waals surface area (Å²) in [4.78, 5) is 0. The second-order valence-electron chi connectivity index (χ2n) is 7.92. The Kier molecular flexibility index (Phi) is 4.13. The second-order valence-corrected chi connectivity index (χ2v) is 7.92. The van der Waals surface area contributed by atoms with E-state index in [9.17, 15) is 0 Å². The van der Waals surface area contributed by atoms with Gasteiger partial charge in [0.2, 0.25) is 0 Å². The monoisotopic (exact) mass is 281 g/mol. The number of hydrogen-bond acceptors (Lipinski definition) is 3. The summed E-state index contributed by atoms with van der Waals surface area (Å²) in [6.45, 7) is 7.36. The van der Waals surface area contributed by atoms with E-state index in [1.807, 2.05) is 0 Å². The second kappa shape index (κ2) is 5.58. The first-order valence-corrected chi connectivity index (χ1v) is 8.52. The summed E-state index contributed by atoms with van der Waals surface area (Å²) in [5, 5.41) is 0. The van der Waals surface area contributed by atoms with Gasteiger partial charge in [-0.2, -0.15) is 0 Å². The fraction of sp³-hybridized carbons (Fsp3) is 1.00. The van der Waals surface area contributed by atoms with Crippen LogP contribution in [-0.4, -0.2) is 31.0 Å². The molecule has 1 aliphatic carbocycles. The molecule has 0 aromatic heterocycles. The quantitative estimate of drug-likeness (QED) is 0.803. The average Bonchev–Trinajstić information content (AvgIpc) is 2.38. The van der Waals surface area contributed by atoms with Gasteiger partial charge in [0.1, 0.15) is 0 Å². The first-order chi connectivity index (χ1) is 9.51. The van der Waals surface area contributed by atoms with Crippen molar-refractivity contribution in [3.05, 3.63) is 0 Å². The molecule has 0 aromatic carbocycles. The van der Waals surface area contributed by atoms with Crippen molar-refractivity contribution < 1.29 is 9.47 Å². The van der Waals surface area contributed by atoms with Crippen LogP contribution in [0.2, 0.25) is 0 Å². The minimum absolute atomic E-state index is 0.0478. The molecule has 0 bridgehead atoms. The third-order valence-electron chi connectivity index (χ3n) is 5.97. The number of rotatable bonds is 1. The third kappa shape index (κ3) is 2.90. The van der Waals surface area contributed by atoms with Crippen molar-refractivity contribution >= 4 is 0 Å². The van der Waals surface area contributed by atoms with E-state index in [2.05, 4.69) is 13.8 Å². The van der Waals surface area contributed by atoms with E-state index in [0.717, 1.165) is 57.3 Å². The number of ether oxygens (including phenoxy) is 2. The Morgan fingerprint density at radius 1 is 0.950 bits per heavy atom. The molecule has 3 rings (SSSR count). The van der Waals surface area contributed by atoms with Crippen molar-refractivity contribution in [2.24, 2.45) is 23.5 Å². The molecule has 3 aliphatic rings. The highest BCUT2D eigenvalue weighted by atomic mass is 16.5. The molecule has 0 aromatic rings. The van der Waals surface area contributed by atoms with E-state index in [4.69, 9.17) is 15.2 Å². The molecule has 3 unspecified atom stereocenters. The topological polar surface area (TPSA) is 44.5 Å². The Morgan fingerprint density at radius 2 is 1.60 bits per heavy atom. The van der Waals surface area contributed by atoms with Gasteiger partial charge in [-0.1, -0.05) is 13.8 Å². The molecule has 1 saturated carbocycles. The minimum Gasteiger partial charge on any atom is -0.381 e. The van der Waals surface area contributed by atoms with Gasteiger partial charge in [0.25, 0.3) is 0 Å². The smallest absolute Gasteiger partial charge is 0.0729 e. The molecular weight excluding hydrogens is 250 g/mol. The molecule has 2 aliphatic heterocycles. The van der Waals surface area contributed by atoms with Crippen molar-refractivity contribution in [2.45, 2.75) is 69.9 Å². The molecule has 3 heteroatoms. The van der Waals surface area contributed by atoms with E-state index in [1.54, 1.807) is 0 Å². The van der Waals surface area contributed by atoms with Gasteiger partial charge in [0.15, 0.2) is 0 Å². The molecule has 2 heterocycles. The summed E-state index contributed by atoms with van der Waals surface area (Å²) in [5.41, 5.74) is 7.05. The van der Waals surface area contributed by atoms with Gasteiger partial charge in [-0.05, 0) is 62.7 Å². The van der Waals surface area contributed by atoms with Crippen LogP contribution >= 0.6 is 0 Å². The van der Waals surface area contributed by atoms with Crippen LogP contribution < -0.4 is 5.73 Å². The molecule has 3 fully saturated rings. The summed E-state index contributed by atoms with van der Waals surface area (Å²) in [5.74, 6) is 2.19. The third-order valence-corrected chi connectivity index (χ3v) is 5.97. The summed E-state index contributed by atoms with van der Waals surface area (Å²) < 4.78 is 11.7. The van der Waals surface area contributed by atoms with E-state index in [0.29, 0.717) is 5.92 Å². The van der Waals surface area contributed by atoms with Gasteiger partial charge in [-0.3, -0.25) is 0 Å². The molecule has 0 amide bonds. The Bertz CT molecular complexity index is 322. The fourth-order valence-electron chi connectivity index (χ4n) is 5.18. The molecule has 20 heavy (non-hydrogen) atoms. The molecule has 0 radical (unpaired) electrons. The van der Waals surface area contributed by atoms with Gasteiger partial charge in [-0.15, -0.1) is 0 Å². The summed E-state index contributed by atoms with van der Waals surface area (Å²) in [6, 6.07) is 0. The van der Waals surface area contributed by atoms with Gasteiger partial charge < -0.3 is 15.2 Å². The van der Waals surface area contributed by atoms with Crippen molar-refractivity contribution in [3.63, 3.8) is 0 Å². The lowest BCUT2D eigenvalue weighted by Crippen LogP contribution is -2.57.